The highest BCUT2D eigenvalue weighted by molar-refractivity contribution is 7.89. The zero-order valence-electron chi connectivity index (χ0n) is 16.3. The number of aryl methyl sites for hydroxylation is 1. The monoisotopic (exact) mass is 412 g/mol. The van der Waals surface area contributed by atoms with Crippen molar-refractivity contribution in [1.29, 1.82) is 0 Å². The van der Waals surface area contributed by atoms with Crippen LogP contribution in [0.15, 0.2) is 23.1 Å². The molecule has 0 aliphatic carbocycles. The average Bonchev–Trinajstić information content (AvgIpc) is 2.59. The van der Waals surface area contributed by atoms with Crippen LogP contribution in [0.2, 0.25) is 0 Å². The maximum Gasteiger partial charge on any atom is 0.269 e. The zero-order chi connectivity index (χ0) is 20.2. The Balaban J connectivity index is 2.14. The van der Waals surface area contributed by atoms with Crippen molar-refractivity contribution >= 4 is 33.3 Å². The van der Waals surface area contributed by atoms with Gasteiger partial charge in [-0.15, -0.1) is 0 Å². The van der Waals surface area contributed by atoms with Gasteiger partial charge in [-0.2, -0.15) is 4.31 Å². The van der Waals surface area contributed by atoms with Crippen LogP contribution in [0, 0.1) is 6.92 Å². The SMILES string of the molecule is Cc1ccc(S(=O)(=O)N2CCCCC2)cc1C(=O)NNC(=S)NC(C)(C)C. The lowest BCUT2D eigenvalue weighted by molar-refractivity contribution is 0.0942. The van der Waals surface area contributed by atoms with E-state index in [0.717, 1.165) is 19.3 Å². The van der Waals surface area contributed by atoms with Gasteiger partial charge in [-0.3, -0.25) is 15.6 Å². The summed E-state index contributed by atoms with van der Waals surface area (Å²) in [6.45, 7) is 8.64. The van der Waals surface area contributed by atoms with E-state index in [1.165, 1.54) is 10.4 Å². The second-order valence-corrected chi connectivity index (χ2v) is 10.1. The van der Waals surface area contributed by atoms with Crippen LogP contribution >= 0.6 is 12.2 Å². The molecule has 1 aliphatic rings. The number of hydrogen-bond donors (Lipinski definition) is 3. The Kier molecular flexibility index (Phi) is 6.82. The highest BCUT2D eigenvalue weighted by Gasteiger charge is 2.27. The number of nitrogens with one attached hydrogen (secondary N) is 3. The lowest BCUT2D eigenvalue weighted by atomic mass is 10.1. The molecule has 3 N–H and O–H groups in total. The number of nitrogens with zero attached hydrogens (tertiary/aromatic N) is 1. The summed E-state index contributed by atoms with van der Waals surface area (Å²) < 4.78 is 27.2. The number of hydrazine groups is 1. The van der Waals surface area contributed by atoms with Crippen LogP contribution in [0.3, 0.4) is 0 Å². The van der Waals surface area contributed by atoms with E-state index in [2.05, 4.69) is 16.2 Å². The Morgan fingerprint density at radius 1 is 1.11 bits per heavy atom. The van der Waals surface area contributed by atoms with Gasteiger partial charge < -0.3 is 5.32 Å². The Morgan fingerprint density at radius 2 is 1.74 bits per heavy atom. The number of piperidine rings is 1. The first-order valence-electron chi connectivity index (χ1n) is 9.00. The molecule has 1 aromatic carbocycles. The predicted molar refractivity (Wildman–Crippen MR) is 110 cm³/mol. The first-order valence-corrected chi connectivity index (χ1v) is 10.8. The first kappa shape index (κ1) is 21.6. The van der Waals surface area contributed by atoms with Gasteiger partial charge in [-0.25, -0.2) is 8.42 Å². The summed E-state index contributed by atoms with van der Waals surface area (Å²) >= 11 is 5.13. The van der Waals surface area contributed by atoms with Crippen molar-refractivity contribution in [3.05, 3.63) is 29.3 Å². The van der Waals surface area contributed by atoms with Gasteiger partial charge in [0.15, 0.2) is 5.11 Å². The number of carbonyl (C=O) groups excluding carboxylic acids is 1. The van der Waals surface area contributed by atoms with Gasteiger partial charge in [0.25, 0.3) is 5.91 Å². The van der Waals surface area contributed by atoms with Crippen LogP contribution in [0.4, 0.5) is 0 Å². The molecule has 0 radical (unpaired) electrons. The Hall–Kier alpha value is -1.71. The molecule has 1 saturated heterocycles. The summed E-state index contributed by atoms with van der Waals surface area (Å²) in [7, 11) is -3.60. The van der Waals surface area contributed by atoms with Gasteiger partial charge in [0.05, 0.1) is 4.90 Å². The first-order chi connectivity index (χ1) is 12.5. The largest absolute Gasteiger partial charge is 0.357 e. The molecule has 0 aromatic heterocycles. The normalized spacial score (nSPS) is 15.9. The molecular weight excluding hydrogens is 384 g/mol. The summed E-state index contributed by atoms with van der Waals surface area (Å²) in [6.07, 6.45) is 2.77. The topological polar surface area (TPSA) is 90.5 Å². The number of benzene rings is 1. The molecule has 1 amide bonds. The van der Waals surface area contributed by atoms with Crippen molar-refractivity contribution in [2.24, 2.45) is 0 Å². The molecular formula is C18H28N4O3S2. The number of thiocarbonyl (C=S) groups is 1. The van der Waals surface area contributed by atoms with Gasteiger partial charge in [0.2, 0.25) is 10.0 Å². The molecule has 150 valence electrons. The molecule has 1 aromatic rings. The van der Waals surface area contributed by atoms with Crippen molar-refractivity contribution < 1.29 is 13.2 Å². The molecule has 7 nitrogen and oxygen atoms in total. The number of hydrogen-bond acceptors (Lipinski definition) is 4. The summed E-state index contributed by atoms with van der Waals surface area (Å²) in [5.41, 5.74) is 5.90. The predicted octanol–water partition coefficient (Wildman–Crippen LogP) is 2.08. The van der Waals surface area contributed by atoms with E-state index in [0.29, 0.717) is 24.2 Å². The van der Waals surface area contributed by atoms with Crippen LogP contribution in [0.1, 0.15) is 56.0 Å². The van der Waals surface area contributed by atoms with Crippen LogP contribution in [0.5, 0.6) is 0 Å². The fourth-order valence-corrected chi connectivity index (χ4v) is 4.71. The summed E-state index contributed by atoms with van der Waals surface area (Å²) in [4.78, 5) is 12.7. The van der Waals surface area contributed by atoms with Crippen molar-refractivity contribution in [3.63, 3.8) is 0 Å². The molecule has 2 rings (SSSR count). The number of amides is 1. The molecule has 0 saturated carbocycles. The van der Waals surface area contributed by atoms with E-state index in [4.69, 9.17) is 12.2 Å². The third-order valence-corrected chi connectivity index (χ3v) is 6.28. The van der Waals surface area contributed by atoms with E-state index in [1.54, 1.807) is 19.1 Å². The third kappa shape index (κ3) is 5.88. The second kappa shape index (κ2) is 8.53. The molecule has 0 spiro atoms. The fraction of sp³-hybridized carbons (Fsp3) is 0.556. The van der Waals surface area contributed by atoms with Crippen molar-refractivity contribution in [1.82, 2.24) is 20.5 Å². The zero-order valence-corrected chi connectivity index (χ0v) is 17.9. The Bertz CT molecular complexity index is 810. The maximum atomic E-state index is 12.8. The van der Waals surface area contributed by atoms with Gasteiger partial charge in [0.1, 0.15) is 0 Å². The van der Waals surface area contributed by atoms with Crippen LogP contribution < -0.4 is 16.2 Å². The van der Waals surface area contributed by atoms with Crippen LogP contribution in [-0.4, -0.2) is 42.4 Å². The summed E-state index contributed by atoms with van der Waals surface area (Å²) in [5.74, 6) is -0.443. The quantitative estimate of drug-likeness (QED) is 0.520. The number of carbonyl (C=O) groups is 1. The average molecular weight is 413 g/mol. The molecule has 27 heavy (non-hydrogen) atoms. The number of sulfonamides is 1. The van der Waals surface area contributed by atoms with E-state index in [-0.39, 0.29) is 15.5 Å². The van der Waals surface area contributed by atoms with Gasteiger partial charge in [-0.1, -0.05) is 12.5 Å². The van der Waals surface area contributed by atoms with Crippen LogP contribution in [0.25, 0.3) is 0 Å². The molecule has 1 heterocycles. The van der Waals surface area contributed by atoms with Gasteiger partial charge in [-0.05, 0) is 70.5 Å². The van der Waals surface area contributed by atoms with E-state index in [9.17, 15) is 13.2 Å². The fourth-order valence-electron chi connectivity index (χ4n) is 2.81. The molecule has 0 unspecified atom stereocenters. The minimum atomic E-state index is -3.60. The van der Waals surface area contributed by atoms with Crippen molar-refractivity contribution in [3.8, 4) is 0 Å². The lowest BCUT2D eigenvalue weighted by Crippen LogP contribution is -2.52. The van der Waals surface area contributed by atoms with E-state index >= 15 is 0 Å². The minimum absolute atomic E-state index is 0.135. The molecule has 0 atom stereocenters. The number of rotatable bonds is 3. The van der Waals surface area contributed by atoms with E-state index in [1.807, 2.05) is 20.8 Å². The Morgan fingerprint density at radius 3 is 2.33 bits per heavy atom. The third-order valence-electron chi connectivity index (χ3n) is 4.18. The minimum Gasteiger partial charge on any atom is -0.357 e. The van der Waals surface area contributed by atoms with Crippen molar-refractivity contribution in [2.75, 3.05) is 13.1 Å². The molecule has 1 fully saturated rings. The maximum absolute atomic E-state index is 12.8. The van der Waals surface area contributed by atoms with Crippen LogP contribution in [-0.2, 0) is 10.0 Å². The molecule has 9 heteroatoms. The second-order valence-electron chi connectivity index (χ2n) is 7.72. The Labute approximate surface area is 166 Å². The lowest BCUT2D eigenvalue weighted by Gasteiger charge is -2.26. The standard InChI is InChI=1S/C18H28N4O3S2/c1-13-8-9-14(27(24,25)22-10-6-5-7-11-22)12-15(13)16(23)20-21-17(26)19-18(2,3)4/h8-9,12H,5-7,10-11H2,1-4H3,(H,20,23)(H2,19,21,26). The van der Waals surface area contributed by atoms with Gasteiger partial charge in [0, 0.05) is 24.2 Å². The smallest absolute Gasteiger partial charge is 0.269 e. The van der Waals surface area contributed by atoms with Crippen molar-refractivity contribution in [2.45, 2.75) is 57.4 Å². The molecule has 0 bridgehead atoms. The summed E-state index contributed by atoms with van der Waals surface area (Å²) in [5, 5.41) is 3.31. The molecule has 1 aliphatic heterocycles. The highest BCUT2D eigenvalue weighted by Crippen LogP contribution is 2.22. The highest BCUT2D eigenvalue weighted by atomic mass is 32.2. The van der Waals surface area contributed by atoms with E-state index < -0.39 is 15.9 Å². The summed E-state index contributed by atoms with van der Waals surface area (Å²) in [6, 6.07) is 4.63. The van der Waals surface area contributed by atoms with Gasteiger partial charge >= 0.3 is 0 Å².